The molecule has 0 aliphatic carbocycles. The lowest BCUT2D eigenvalue weighted by atomic mass is 10.0. The van der Waals surface area contributed by atoms with Crippen LogP contribution >= 0.6 is 0 Å². The number of halogens is 6. The summed E-state index contributed by atoms with van der Waals surface area (Å²) in [7, 11) is 0. The molecule has 2 N–H and O–H groups in total. The van der Waals surface area contributed by atoms with Crippen LogP contribution in [0.25, 0.3) is 0 Å². The standard InChI is InChI=1S/C12H11F6NO/c13-11(14,15)8-4-7(2-1-3-10(19)20)5-9(6-8)12(16,17)18/h4-6H,1-3H2,(H2,19,20). The van der Waals surface area contributed by atoms with E-state index in [-0.39, 0.29) is 30.9 Å². The van der Waals surface area contributed by atoms with Crippen molar-refractivity contribution in [1.82, 2.24) is 0 Å². The van der Waals surface area contributed by atoms with Crippen molar-refractivity contribution in [3.8, 4) is 0 Å². The van der Waals surface area contributed by atoms with Crippen molar-refractivity contribution in [2.24, 2.45) is 5.73 Å². The van der Waals surface area contributed by atoms with E-state index in [1.807, 2.05) is 0 Å². The average Bonchev–Trinajstić information content (AvgIpc) is 2.25. The second-order valence-electron chi connectivity index (χ2n) is 4.23. The highest BCUT2D eigenvalue weighted by Gasteiger charge is 2.36. The van der Waals surface area contributed by atoms with E-state index < -0.39 is 29.4 Å². The first-order chi connectivity index (χ1) is 9.00. The Kier molecular flexibility index (Phi) is 4.67. The molecule has 0 aromatic heterocycles. The zero-order valence-corrected chi connectivity index (χ0v) is 10.1. The summed E-state index contributed by atoms with van der Waals surface area (Å²) >= 11 is 0. The number of amides is 1. The van der Waals surface area contributed by atoms with Gasteiger partial charge in [0.25, 0.3) is 0 Å². The first-order valence-corrected chi connectivity index (χ1v) is 5.57. The third kappa shape index (κ3) is 4.75. The molecule has 0 saturated carbocycles. The number of benzene rings is 1. The first kappa shape index (κ1) is 16.3. The van der Waals surface area contributed by atoms with Crippen molar-refractivity contribution < 1.29 is 31.1 Å². The molecule has 0 saturated heterocycles. The van der Waals surface area contributed by atoms with E-state index in [0.717, 1.165) is 0 Å². The fourth-order valence-electron chi connectivity index (χ4n) is 1.63. The van der Waals surface area contributed by atoms with Gasteiger partial charge in [0.2, 0.25) is 5.91 Å². The number of alkyl halides is 6. The predicted molar refractivity (Wildman–Crippen MR) is 58.6 cm³/mol. The highest BCUT2D eigenvalue weighted by molar-refractivity contribution is 5.73. The molecule has 0 aliphatic heterocycles. The van der Waals surface area contributed by atoms with E-state index in [4.69, 9.17) is 5.73 Å². The molecule has 0 aliphatic rings. The maximum atomic E-state index is 12.5. The van der Waals surface area contributed by atoms with Crippen molar-refractivity contribution >= 4 is 5.91 Å². The Bertz CT molecular complexity index is 459. The van der Waals surface area contributed by atoms with Crippen LogP contribution in [-0.2, 0) is 23.6 Å². The lowest BCUT2D eigenvalue weighted by Crippen LogP contribution is -2.13. The minimum Gasteiger partial charge on any atom is -0.370 e. The van der Waals surface area contributed by atoms with Crippen LogP contribution in [0.2, 0.25) is 0 Å². The zero-order chi connectivity index (χ0) is 15.6. The van der Waals surface area contributed by atoms with Crippen molar-refractivity contribution in [3.63, 3.8) is 0 Å². The molecule has 0 radical (unpaired) electrons. The van der Waals surface area contributed by atoms with Gasteiger partial charge in [-0.25, -0.2) is 0 Å². The van der Waals surface area contributed by atoms with Gasteiger partial charge in [0.1, 0.15) is 0 Å². The van der Waals surface area contributed by atoms with Crippen molar-refractivity contribution in [1.29, 1.82) is 0 Å². The van der Waals surface area contributed by atoms with Crippen LogP contribution in [0.4, 0.5) is 26.3 Å². The van der Waals surface area contributed by atoms with Gasteiger partial charge in [-0.1, -0.05) is 0 Å². The summed E-state index contributed by atoms with van der Waals surface area (Å²) in [4.78, 5) is 10.5. The van der Waals surface area contributed by atoms with Gasteiger partial charge in [-0.15, -0.1) is 0 Å². The van der Waals surface area contributed by atoms with E-state index in [0.29, 0.717) is 12.1 Å². The fourth-order valence-corrected chi connectivity index (χ4v) is 1.63. The molecule has 112 valence electrons. The van der Waals surface area contributed by atoms with E-state index in [1.54, 1.807) is 0 Å². The minimum absolute atomic E-state index is 0.0670. The second kappa shape index (κ2) is 5.72. The summed E-state index contributed by atoms with van der Waals surface area (Å²) in [5, 5.41) is 0. The van der Waals surface area contributed by atoms with E-state index in [1.165, 1.54) is 0 Å². The lowest BCUT2D eigenvalue weighted by Gasteiger charge is -2.14. The molecule has 1 rings (SSSR count). The van der Waals surface area contributed by atoms with Crippen LogP contribution in [0, 0.1) is 0 Å². The Balaban J connectivity index is 3.08. The van der Waals surface area contributed by atoms with Gasteiger partial charge in [0.15, 0.2) is 0 Å². The number of rotatable bonds is 4. The number of aryl methyl sites for hydroxylation is 1. The maximum Gasteiger partial charge on any atom is 0.416 e. The van der Waals surface area contributed by atoms with E-state index in [2.05, 4.69) is 0 Å². The molecule has 0 fully saturated rings. The SMILES string of the molecule is NC(=O)CCCc1cc(C(F)(F)F)cc(C(F)(F)F)c1. The molecule has 1 aromatic carbocycles. The van der Waals surface area contributed by atoms with Gasteiger partial charge < -0.3 is 5.73 Å². The van der Waals surface area contributed by atoms with Gasteiger partial charge in [-0.2, -0.15) is 26.3 Å². The molecule has 1 aromatic rings. The number of hydrogen-bond donors (Lipinski definition) is 1. The maximum absolute atomic E-state index is 12.5. The number of primary amides is 1. The summed E-state index contributed by atoms with van der Waals surface area (Å²) in [5.74, 6) is -0.659. The summed E-state index contributed by atoms with van der Waals surface area (Å²) < 4.78 is 75.3. The number of carbonyl (C=O) groups is 1. The monoisotopic (exact) mass is 299 g/mol. The summed E-state index contributed by atoms with van der Waals surface area (Å²) in [5.41, 5.74) is 2.01. The first-order valence-electron chi connectivity index (χ1n) is 5.57. The van der Waals surface area contributed by atoms with Crippen molar-refractivity contribution in [3.05, 3.63) is 34.9 Å². The Morgan fingerprint density at radius 2 is 1.40 bits per heavy atom. The second-order valence-corrected chi connectivity index (χ2v) is 4.23. The van der Waals surface area contributed by atoms with Gasteiger partial charge in [-0.3, -0.25) is 4.79 Å². The average molecular weight is 299 g/mol. The zero-order valence-electron chi connectivity index (χ0n) is 10.1. The Morgan fingerprint density at radius 3 is 1.75 bits per heavy atom. The van der Waals surface area contributed by atoms with Crippen LogP contribution in [0.3, 0.4) is 0 Å². The van der Waals surface area contributed by atoms with Gasteiger partial charge in [-0.05, 0) is 36.6 Å². The van der Waals surface area contributed by atoms with Crippen molar-refractivity contribution in [2.75, 3.05) is 0 Å². The fraction of sp³-hybridized carbons (Fsp3) is 0.417. The number of carbonyl (C=O) groups excluding carboxylic acids is 1. The summed E-state index contributed by atoms with van der Waals surface area (Å²) in [6.07, 6.45) is -9.82. The Morgan fingerprint density at radius 1 is 0.950 bits per heavy atom. The van der Waals surface area contributed by atoms with E-state index >= 15 is 0 Å². The van der Waals surface area contributed by atoms with Gasteiger partial charge >= 0.3 is 12.4 Å². The Hall–Kier alpha value is -1.73. The summed E-state index contributed by atoms with van der Waals surface area (Å²) in [6, 6.07) is 1.37. The highest BCUT2D eigenvalue weighted by atomic mass is 19.4. The molecule has 8 heteroatoms. The molecule has 0 atom stereocenters. The molecule has 2 nitrogen and oxygen atoms in total. The molecular formula is C12H11F6NO. The third-order valence-corrected chi connectivity index (χ3v) is 2.54. The smallest absolute Gasteiger partial charge is 0.370 e. The lowest BCUT2D eigenvalue weighted by molar-refractivity contribution is -0.143. The largest absolute Gasteiger partial charge is 0.416 e. The molecular weight excluding hydrogens is 288 g/mol. The van der Waals surface area contributed by atoms with Crippen LogP contribution in [0.5, 0.6) is 0 Å². The van der Waals surface area contributed by atoms with Gasteiger partial charge in [0, 0.05) is 6.42 Å². The number of hydrogen-bond acceptors (Lipinski definition) is 1. The van der Waals surface area contributed by atoms with E-state index in [9.17, 15) is 31.1 Å². The minimum atomic E-state index is -4.86. The molecule has 0 bridgehead atoms. The molecule has 0 unspecified atom stereocenters. The molecule has 0 spiro atoms. The molecule has 20 heavy (non-hydrogen) atoms. The topological polar surface area (TPSA) is 43.1 Å². The van der Waals surface area contributed by atoms with Crippen LogP contribution in [0.15, 0.2) is 18.2 Å². The summed E-state index contributed by atoms with van der Waals surface area (Å²) in [6.45, 7) is 0. The molecule has 0 heterocycles. The predicted octanol–water partition coefficient (Wildman–Crippen LogP) is 3.53. The number of nitrogens with two attached hydrogens (primary N) is 1. The Labute approximate surface area is 110 Å². The molecule has 1 amide bonds. The normalized spacial score (nSPS) is 12.5. The van der Waals surface area contributed by atoms with Crippen molar-refractivity contribution in [2.45, 2.75) is 31.6 Å². The van der Waals surface area contributed by atoms with Gasteiger partial charge in [0.05, 0.1) is 11.1 Å². The van der Waals surface area contributed by atoms with Crippen LogP contribution in [0.1, 0.15) is 29.5 Å². The van der Waals surface area contributed by atoms with Crippen LogP contribution in [-0.4, -0.2) is 5.91 Å². The van der Waals surface area contributed by atoms with Crippen LogP contribution < -0.4 is 5.73 Å². The highest BCUT2D eigenvalue weighted by Crippen LogP contribution is 2.36. The quantitative estimate of drug-likeness (QED) is 0.849. The third-order valence-electron chi connectivity index (χ3n) is 2.54.